The summed E-state index contributed by atoms with van der Waals surface area (Å²) in [5.41, 5.74) is 3.55. The maximum Gasteiger partial charge on any atom is 0.345 e. The highest BCUT2D eigenvalue weighted by atomic mass is 16.2. The average Bonchev–Trinajstić information content (AvgIpc) is 2.99. The van der Waals surface area contributed by atoms with Crippen molar-refractivity contribution in [3.05, 3.63) is 59.7 Å². The number of fused-ring (bicyclic) bond motifs is 1. The topological polar surface area (TPSA) is 82.1 Å². The quantitative estimate of drug-likeness (QED) is 0.451. The predicted molar refractivity (Wildman–Crippen MR) is 153 cm³/mol. The Labute approximate surface area is 226 Å². The van der Waals surface area contributed by atoms with Crippen LogP contribution in [0, 0.1) is 11.3 Å². The summed E-state index contributed by atoms with van der Waals surface area (Å²) in [6, 6.07) is 14.9. The second kappa shape index (κ2) is 11.5. The van der Waals surface area contributed by atoms with Gasteiger partial charge in [-0.3, -0.25) is 14.5 Å². The van der Waals surface area contributed by atoms with Gasteiger partial charge in [-0.2, -0.15) is 5.10 Å². The molecule has 2 aromatic rings. The zero-order valence-electron chi connectivity index (χ0n) is 23.3. The fourth-order valence-corrected chi connectivity index (χ4v) is 5.02. The summed E-state index contributed by atoms with van der Waals surface area (Å²) in [5, 5.41) is 9.04. The minimum Gasteiger partial charge on any atom is -0.324 e. The van der Waals surface area contributed by atoms with Gasteiger partial charge in [0.25, 0.3) is 0 Å². The van der Waals surface area contributed by atoms with Crippen molar-refractivity contribution in [3.63, 3.8) is 0 Å². The van der Waals surface area contributed by atoms with Gasteiger partial charge in [-0.05, 0) is 42.5 Å². The molecule has 7 heteroatoms. The Morgan fingerprint density at radius 3 is 2.39 bits per heavy atom. The molecule has 0 unspecified atom stereocenters. The Hall–Kier alpha value is -3.48. The smallest absolute Gasteiger partial charge is 0.324 e. The maximum atomic E-state index is 13.9. The van der Waals surface area contributed by atoms with Crippen molar-refractivity contribution in [2.24, 2.45) is 16.4 Å². The first-order valence-corrected chi connectivity index (χ1v) is 13.7. The van der Waals surface area contributed by atoms with Gasteiger partial charge in [0.1, 0.15) is 6.54 Å². The van der Waals surface area contributed by atoms with Crippen LogP contribution in [0.3, 0.4) is 0 Å². The lowest BCUT2D eigenvalue weighted by Gasteiger charge is -2.28. The summed E-state index contributed by atoms with van der Waals surface area (Å²) < 4.78 is 0. The summed E-state index contributed by atoms with van der Waals surface area (Å²) in [6.45, 7) is 9.43. The largest absolute Gasteiger partial charge is 0.345 e. The molecule has 7 nitrogen and oxygen atoms in total. The fraction of sp³-hybridized carbons (Fsp3) is 0.484. The van der Waals surface area contributed by atoms with Gasteiger partial charge in [-0.15, -0.1) is 0 Å². The average molecular weight is 517 g/mol. The van der Waals surface area contributed by atoms with E-state index >= 15 is 0 Å². The van der Waals surface area contributed by atoms with E-state index in [1.807, 2.05) is 69.3 Å². The van der Waals surface area contributed by atoms with Crippen molar-refractivity contribution in [1.29, 1.82) is 0 Å². The molecule has 0 aromatic heterocycles. The number of hydrazone groups is 1. The van der Waals surface area contributed by atoms with Crippen LogP contribution in [0.2, 0.25) is 0 Å². The number of hydrogen-bond acceptors (Lipinski definition) is 4. The molecule has 202 valence electrons. The van der Waals surface area contributed by atoms with E-state index in [1.54, 1.807) is 0 Å². The SMILES string of the molecule is CC(C)c1cccc(NC(=O)CN2N=C(C3CCCCC3)c3ccccc3N(CC(=O)C(C)(C)C)C2=O)c1. The van der Waals surface area contributed by atoms with E-state index in [0.717, 1.165) is 42.5 Å². The molecule has 1 N–H and O–H groups in total. The summed E-state index contributed by atoms with van der Waals surface area (Å²) in [5.74, 6) is 0.133. The molecule has 0 saturated heterocycles. The van der Waals surface area contributed by atoms with Crippen LogP contribution in [0.5, 0.6) is 0 Å². The molecular weight excluding hydrogens is 476 g/mol. The number of carbonyl (C=O) groups excluding carboxylic acids is 3. The van der Waals surface area contributed by atoms with E-state index in [2.05, 4.69) is 19.2 Å². The standard InChI is InChI=1S/C31H40N4O3/c1-21(2)23-14-11-15-24(18-23)32-28(37)20-35-30(38)34(19-27(36)31(3,4)5)26-17-10-9-16-25(26)29(33-35)22-12-7-6-8-13-22/h9-11,14-18,21-22H,6-8,12-13,19-20H2,1-5H3,(H,32,37). The highest BCUT2D eigenvalue weighted by Crippen LogP contribution is 2.34. The molecule has 2 aliphatic rings. The van der Waals surface area contributed by atoms with Crippen LogP contribution in [-0.4, -0.2) is 41.5 Å². The Morgan fingerprint density at radius 2 is 1.71 bits per heavy atom. The van der Waals surface area contributed by atoms with Crippen molar-refractivity contribution >= 4 is 34.8 Å². The van der Waals surface area contributed by atoms with Gasteiger partial charge in [0, 0.05) is 22.6 Å². The van der Waals surface area contributed by atoms with E-state index in [0.29, 0.717) is 17.3 Å². The molecule has 0 radical (unpaired) electrons. The third kappa shape index (κ3) is 6.32. The molecule has 3 amide bonds. The third-order valence-corrected chi connectivity index (χ3v) is 7.41. The molecule has 4 rings (SSSR count). The molecule has 0 atom stereocenters. The molecule has 1 aliphatic heterocycles. The monoisotopic (exact) mass is 516 g/mol. The Morgan fingerprint density at radius 1 is 1.00 bits per heavy atom. The zero-order chi connectivity index (χ0) is 27.4. The zero-order valence-corrected chi connectivity index (χ0v) is 23.3. The lowest BCUT2D eigenvalue weighted by atomic mass is 9.83. The Kier molecular flexibility index (Phi) is 8.34. The maximum absolute atomic E-state index is 13.9. The second-order valence-corrected chi connectivity index (χ2v) is 11.8. The Bertz CT molecular complexity index is 1220. The van der Waals surface area contributed by atoms with E-state index in [1.165, 1.54) is 16.3 Å². The number of benzene rings is 2. The van der Waals surface area contributed by atoms with Gasteiger partial charge in [-0.1, -0.05) is 84.2 Å². The van der Waals surface area contributed by atoms with Crippen molar-refractivity contribution in [2.75, 3.05) is 23.3 Å². The van der Waals surface area contributed by atoms with Crippen molar-refractivity contribution in [2.45, 2.75) is 72.6 Å². The fourth-order valence-electron chi connectivity index (χ4n) is 5.02. The molecular formula is C31H40N4O3. The Balaban J connectivity index is 1.69. The van der Waals surface area contributed by atoms with Crippen LogP contribution in [0.25, 0.3) is 0 Å². The lowest BCUT2D eigenvalue weighted by molar-refractivity contribution is -0.124. The molecule has 38 heavy (non-hydrogen) atoms. The molecule has 0 spiro atoms. The predicted octanol–water partition coefficient (Wildman–Crippen LogP) is 6.59. The first kappa shape index (κ1) is 27.6. The summed E-state index contributed by atoms with van der Waals surface area (Å²) >= 11 is 0. The van der Waals surface area contributed by atoms with E-state index < -0.39 is 11.4 Å². The number of amides is 3. The van der Waals surface area contributed by atoms with Crippen molar-refractivity contribution in [1.82, 2.24) is 5.01 Å². The van der Waals surface area contributed by atoms with Crippen molar-refractivity contribution < 1.29 is 14.4 Å². The van der Waals surface area contributed by atoms with E-state index in [4.69, 9.17) is 5.10 Å². The van der Waals surface area contributed by atoms with Gasteiger partial charge in [-0.25, -0.2) is 9.80 Å². The highest BCUT2D eigenvalue weighted by Gasteiger charge is 2.36. The number of para-hydroxylation sites is 1. The van der Waals surface area contributed by atoms with Gasteiger partial charge < -0.3 is 5.32 Å². The third-order valence-electron chi connectivity index (χ3n) is 7.41. The normalized spacial score (nSPS) is 16.7. The summed E-state index contributed by atoms with van der Waals surface area (Å²) in [4.78, 5) is 41.8. The minimum atomic E-state index is -0.613. The van der Waals surface area contributed by atoms with Gasteiger partial charge in [0.05, 0.1) is 17.9 Å². The first-order chi connectivity index (χ1) is 18.0. The van der Waals surface area contributed by atoms with Crippen LogP contribution in [0.15, 0.2) is 53.6 Å². The number of rotatable bonds is 7. The first-order valence-electron chi connectivity index (χ1n) is 13.7. The number of anilines is 2. The number of hydrogen-bond donors (Lipinski definition) is 1. The number of nitrogens with one attached hydrogen (secondary N) is 1. The number of nitrogens with zero attached hydrogens (tertiary/aromatic N) is 3. The molecule has 1 saturated carbocycles. The number of urea groups is 1. The molecule has 1 fully saturated rings. The molecule has 1 heterocycles. The summed E-state index contributed by atoms with van der Waals surface area (Å²) in [7, 11) is 0. The minimum absolute atomic E-state index is 0.0586. The van der Waals surface area contributed by atoms with Crippen LogP contribution in [0.1, 0.15) is 83.8 Å². The van der Waals surface area contributed by atoms with Gasteiger partial charge in [0.2, 0.25) is 5.91 Å². The van der Waals surface area contributed by atoms with Crippen LogP contribution in [0.4, 0.5) is 16.2 Å². The van der Waals surface area contributed by atoms with Gasteiger partial charge >= 0.3 is 6.03 Å². The van der Waals surface area contributed by atoms with Gasteiger partial charge in [0.15, 0.2) is 5.78 Å². The number of Topliss-reactive ketones (excluding diaryl/α,β-unsaturated/α-hetero) is 1. The van der Waals surface area contributed by atoms with Crippen molar-refractivity contribution in [3.8, 4) is 0 Å². The summed E-state index contributed by atoms with van der Waals surface area (Å²) in [6.07, 6.45) is 5.39. The van der Waals surface area contributed by atoms with E-state index in [-0.39, 0.29) is 30.7 Å². The van der Waals surface area contributed by atoms with Crippen LogP contribution < -0.4 is 10.2 Å². The second-order valence-electron chi connectivity index (χ2n) is 11.8. The number of ketones is 1. The lowest BCUT2D eigenvalue weighted by Crippen LogP contribution is -2.47. The molecule has 0 bridgehead atoms. The molecule has 1 aliphatic carbocycles. The van der Waals surface area contributed by atoms with Crippen LogP contribution in [-0.2, 0) is 9.59 Å². The van der Waals surface area contributed by atoms with Crippen LogP contribution >= 0.6 is 0 Å². The molecule has 2 aromatic carbocycles. The van der Waals surface area contributed by atoms with E-state index in [9.17, 15) is 14.4 Å². The number of carbonyl (C=O) groups is 3. The highest BCUT2D eigenvalue weighted by molar-refractivity contribution is 6.13.